The molecule has 0 bridgehead atoms. The molecule has 1 aliphatic heterocycles. The average Bonchev–Trinajstić information content (AvgIpc) is 2.82. The fraction of sp³-hybridized carbons (Fsp3) is 0.333. The Morgan fingerprint density at radius 1 is 1.24 bits per heavy atom. The quantitative estimate of drug-likeness (QED) is 0.834. The lowest BCUT2D eigenvalue weighted by Crippen LogP contribution is -2.30. The topological polar surface area (TPSA) is 19.0 Å². The van der Waals surface area contributed by atoms with Gasteiger partial charge in [-0.2, -0.15) is 0 Å². The maximum absolute atomic E-state index is 3.28. The van der Waals surface area contributed by atoms with Crippen LogP contribution in [0.25, 0.3) is 0 Å². The lowest BCUT2D eigenvalue weighted by Gasteiger charge is -2.29. The number of nitrogens with zero attached hydrogens (tertiary/aromatic N) is 1. The number of nitrogens with one attached hydrogen (secondary N) is 1. The molecule has 3 rings (SSSR count). The van der Waals surface area contributed by atoms with Crippen molar-refractivity contribution in [1.82, 2.24) is 9.88 Å². The molecular formula is C15H18N2. The SMILES string of the molecule is Cc1cccc2c1CCN(Cc1ccc[nH]1)C2. The van der Waals surface area contributed by atoms with Gasteiger partial charge in [-0.3, -0.25) is 4.90 Å². The minimum Gasteiger partial charge on any atom is -0.364 e. The second-order valence-corrected chi connectivity index (χ2v) is 4.87. The predicted octanol–water partition coefficient (Wildman–Crippen LogP) is 2.88. The molecule has 0 spiro atoms. The second-order valence-electron chi connectivity index (χ2n) is 4.87. The van der Waals surface area contributed by atoms with Gasteiger partial charge in [0.1, 0.15) is 0 Å². The highest BCUT2D eigenvalue weighted by Gasteiger charge is 2.17. The number of hydrogen-bond donors (Lipinski definition) is 1. The Morgan fingerprint density at radius 3 is 3.00 bits per heavy atom. The minimum absolute atomic E-state index is 1.03. The zero-order valence-corrected chi connectivity index (χ0v) is 10.2. The first-order valence-electron chi connectivity index (χ1n) is 6.25. The first-order valence-corrected chi connectivity index (χ1v) is 6.25. The van der Waals surface area contributed by atoms with E-state index in [2.05, 4.69) is 47.1 Å². The van der Waals surface area contributed by atoms with Crippen molar-refractivity contribution in [3.8, 4) is 0 Å². The Kier molecular flexibility index (Phi) is 2.73. The first kappa shape index (κ1) is 10.6. The van der Waals surface area contributed by atoms with Gasteiger partial charge in [-0.15, -0.1) is 0 Å². The van der Waals surface area contributed by atoms with Crippen LogP contribution in [0.2, 0.25) is 0 Å². The summed E-state index contributed by atoms with van der Waals surface area (Å²) in [6, 6.07) is 10.9. The molecule has 2 nitrogen and oxygen atoms in total. The van der Waals surface area contributed by atoms with Crippen molar-refractivity contribution in [2.24, 2.45) is 0 Å². The molecular weight excluding hydrogens is 208 g/mol. The highest BCUT2D eigenvalue weighted by Crippen LogP contribution is 2.22. The average molecular weight is 226 g/mol. The monoisotopic (exact) mass is 226 g/mol. The molecule has 2 aromatic rings. The molecule has 0 fully saturated rings. The van der Waals surface area contributed by atoms with Gasteiger partial charge in [0.2, 0.25) is 0 Å². The van der Waals surface area contributed by atoms with Crippen molar-refractivity contribution in [2.75, 3.05) is 6.54 Å². The summed E-state index contributed by atoms with van der Waals surface area (Å²) in [5, 5.41) is 0. The van der Waals surface area contributed by atoms with Gasteiger partial charge in [0.25, 0.3) is 0 Å². The molecule has 1 N–H and O–H groups in total. The summed E-state index contributed by atoms with van der Waals surface area (Å²) in [6.45, 7) is 5.49. The number of aryl methyl sites for hydroxylation is 1. The van der Waals surface area contributed by atoms with Crippen molar-refractivity contribution < 1.29 is 0 Å². The molecule has 0 atom stereocenters. The molecule has 1 aromatic carbocycles. The number of H-pyrrole nitrogens is 1. The molecule has 0 radical (unpaired) electrons. The molecule has 2 heteroatoms. The van der Waals surface area contributed by atoms with Gasteiger partial charge >= 0.3 is 0 Å². The third kappa shape index (κ3) is 2.13. The number of aromatic nitrogens is 1. The third-order valence-electron chi connectivity index (χ3n) is 3.64. The van der Waals surface area contributed by atoms with E-state index in [-0.39, 0.29) is 0 Å². The summed E-state index contributed by atoms with van der Waals surface area (Å²) in [4.78, 5) is 5.79. The van der Waals surface area contributed by atoms with E-state index in [0.29, 0.717) is 0 Å². The number of fused-ring (bicyclic) bond motifs is 1. The van der Waals surface area contributed by atoms with Crippen molar-refractivity contribution in [2.45, 2.75) is 26.4 Å². The van der Waals surface area contributed by atoms with Crippen LogP contribution in [0.1, 0.15) is 22.4 Å². The Hall–Kier alpha value is -1.54. The highest BCUT2D eigenvalue weighted by atomic mass is 15.1. The lowest BCUT2D eigenvalue weighted by atomic mass is 9.95. The van der Waals surface area contributed by atoms with Crippen LogP contribution in [0.3, 0.4) is 0 Å². The van der Waals surface area contributed by atoms with Crippen LogP contribution in [0, 0.1) is 6.92 Å². The van der Waals surface area contributed by atoms with Crippen LogP contribution in [-0.2, 0) is 19.5 Å². The van der Waals surface area contributed by atoms with Crippen LogP contribution in [0.15, 0.2) is 36.5 Å². The van der Waals surface area contributed by atoms with Crippen molar-refractivity contribution in [1.29, 1.82) is 0 Å². The van der Waals surface area contributed by atoms with E-state index in [0.717, 1.165) is 19.6 Å². The van der Waals surface area contributed by atoms with Gasteiger partial charge in [0.15, 0.2) is 0 Å². The van der Waals surface area contributed by atoms with E-state index in [4.69, 9.17) is 0 Å². The Balaban J connectivity index is 1.77. The molecule has 1 aromatic heterocycles. The minimum atomic E-state index is 1.03. The largest absolute Gasteiger partial charge is 0.364 e. The molecule has 0 saturated carbocycles. The first-order chi connectivity index (χ1) is 8.33. The van der Waals surface area contributed by atoms with Gasteiger partial charge < -0.3 is 4.98 Å². The Morgan fingerprint density at radius 2 is 2.18 bits per heavy atom. The summed E-state index contributed by atoms with van der Waals surface area (Å²) in [5.74, 6) is 0. The normalized spacial score (nSPS) is 15.8. The van der Waals surface area contributed by atoms with E-state index in [1.54, 1.807) is 5.56 Å². The van der Waals surface area contributed by atoms with Crippen LogP contribution < -0.4 is 0 Å². The molecule has 88 valence electrons. The molecule has 1 aliphatic rings. The van der Waals surface area contributed by atoms with Gasteiger partial charge in [0, 0.05) is 31.5 Å². The maximum Gasteiger partial charge on any atom is 0.0388 e. The van der Waals surface area contributed by atoms with Crippen molar-refractivity contribution >= 4 is 0 Å². The van der Waals surface area contributed by atoms with Gasteiger partial charge in [-0.25, -0.2) is 0 Å². The van der Waals surface area contributed by atoms with E-state index in [9.17, 15) is 0 Å². The molecule has 17 heavy (non-hydrogen) atoms. The van der Waals surface area contributed by atoms with Gasteiger partial charge in [0.05, 0.1) is 0 Å². The maximum atomic E-state index is 3.28. The van der Waals surface area contributed by atoms with Gasteiger partial charge in [-0.1, -0.05) is 18.2 Å². The molecule has 0 aliphatic carbocycles. The van der Waals surface area contributed by atoms with Crippen LogP contribution in [0.5, 0.6) is 0 Å². The van der Waals surface area contributed by atoms with Gasteiger partial charge in [-0.05, 0) is 42.2 Å². The molecule has 0 saturated heterocycles. The molecule has 2 heterocycles. The summed E-state index contributed by atoms with van der Waals surface area (Å²) < 4.78 is 0. The number of rotatable bonds is 2. The molecule has 0 amide bonds. The van der Waals surface area contributed by atoms with E-state index < -0.39 is 0 Å². The Labute approximate surface area is 102 Å². The summed E-state index contributed by atoms with van der Waals surface area (Å²) in [6.07, 6.45) is 3.18. The number of aromatic amines is 1. The van der Waals surface area contributed by atoms with E-state index in [1.165, 1.54) is 23.2 Å². The smallest absolute Gasteiger partial charge is 0.0388 e. The summed E-state index contributed by atoms with van der Waals surface area (Å²) in [7, 11) is 0. The van der Waals surface area contributed by atoms with Crippen molar-refractivity contribution in [3.05, 3.63) is 58.9 Å². The fourth-order valence-electron chi connectivity index (χ4n) is 2.70. The van der Waals surface area contributed by atoms with E-state index >= 15 is 0 Å². The fourth-order valence-corrected chi connectivity index (χ4v) is 2.70. The number of hydrogen-bond acceptors (Lipinski definition) is 1. The Bertz CT molecular complexity index is 500. The summed E-state index contributed by atoms with van der Waals surface area (Å²) >= 11 is 0. The van der Waals surface area contributed by atoms with Crippen LogP contribution >= 0.6 is 0 Å². The van der Waals surface area contributed by atoms with E-state index in [1.807, 2.05) is 6.20 Å². The highest BCUT2D eigenvalue weighted by molar-refractivity contribution is 5.36. The second kappa shape index (κ2) is 4.38. The predicted molar refractivity (Wildman–Crippen MR) is 69.8 cm³/mol. The zero-order chi connectivity index (χ0) is 11.7. The van der Waals surface area contributed by atoms with Crippen LogP contribution in [-0.4, -0.2) is 16.4 Å². The molecule has 0 unspecified atom stereocenters. The zero-order valence-electron chi connectivity index (χ0n) is 10.2. The lowest BCUT2D eigenvalue weighted by molar-refractivity contribution is 0.243. The third-order valence-corrected chi connectivity index (χ3v) is 3.64. The summed E-state index contributed by atoms with van der Waals surface area (Å²) in [5.41, 5.74) is 5.82. The standard InChI is InChI=1S/C15H18N2/c1-12-4-2-5-13-10-17(9-7-15(12)13)11-14-6-3-8-16-14/h2-6,8,16H,7,9-11H2,1H3. The van der Waals surface area contributed by atoms with Crippen LogP contribution in [0.4, 0.5) is 0 Å². The van der Waals surface area contributed by atoms with Crippen molar-refractivity contribution in [3.63, 3.8) is 0 Å². The number of benzene rings is 1.